The van der Waals surface area contributed by atoms with Crippen molar-refractivity contribution in [2.45, 2.75) is 19.1 Å². The highest BCUT2D eigenvalue weighted by Gasteiger charge is 2.29. The van der Waals surface area contributed by atoms with Gasteiger partial charge in [-0.05, 0) is 6.92 Å². The minimum atomic E-state index is -0.492. The number of aliphatic hydroxyl groups excluding tert-OH is 1. The number of esters is 1. The van der Waals surface area contributed by atoms with Crippen LogP contribution in [-0.2, 0) is 9.47 Å². The van der Waals surface area contributed by atoms with Gasteiger partial charge in [0.1, 0.15) is 0 Å². The number of aromatic nitrogens is 1. The monoisotopic (exact) mass is 306 g/mol. The molecule has 0 radical (unpaired) electrons. The van der Waals surface area contributed by atoms with E-state index < -0.39 is 5.97 Å². The minimum absolute atomic E-state index is 0.0494. The van der Waals surface area contributed by atoms with Gasteiger partial charge in [0.05, 0.1) is 32.5 Å². The molecule has 0 amide bonds. The maximum absolute atomic E-state index is 11.5. The molecule has 106 valence electrons. The fraction of sp³-hybridized carbons (Fsp3) is 0.636. The Labute approximate surface area is 119 Å². The highest BCUT2D eigenvalue weighted by molar-refractivity contribution is 7.18. The lowest BCUT2D eigenvalue weighted by Gasteiger charge is -2.37. The zero-order chi connectivity index (χ0) is 14.0. The van der Waals surface area contributed by atoms with Gasteiger partial charge < -0.3 is 19.5 Å². The molecule has 2 rings (SSSR count). The average molecular weight is 307 g/mol. The summed E-state index contributed by atoms with van der Waals surface area (Å²) in [7, 11) is 1.30. The molecule has 0 aromatic carbocycles. The predicted molar refractivity (Wildman–Crippen MR) is 72.1 cm³/mol. The molecule has 8 heteroatoms. The molecule has 1 saturated heterocycles. The Morgan fingerprint density at radius 2 is 2.47 bits per heavy atom. The Kier molecular flexibility index (Phi) is 4.62. The van der Waals surface area contributed by atoms with Gasteiger partial charge in [0.15, 0.2) is 15.2 Å². The van der Waals surface area contributed by atoms with Gasteiger partial charge in [-0.1, -0.05) is 22.9 Å². The standard InChI is InChI=1S/C11H15ClN2O4S/c1-6-5-18-7(4-15)3-14(6)11-13-9(12)8(19-11)10(16)17-2/h6-7,15H,3-5H2,1-2H3. The van der Waals surface area contributed by atoms with Crippen LogP contribution in [0.25, 0.3) is 0 Å². The summed E-state index contributed by atoms with van der Waals surface area (Å²) < 4.78 is 10.1. The van der Waals surface area contributed by atoms with E-state index in [0.29, 0.717) is 23.2 Å². The first-order valence-electron chi connectivity index (χ1n) is 5.80. The first-order valence-corrected chi connectivity index (χ1v) is 7.00. The maximum atomic E-state index is 11.5. The van der Waals surface area contributed by atoms with Crippen molar-refractivity contribution < 1.29 is 19.4 Å². The smallest absolute Gasteiger partial charge is 0.351 e. The summed E-state index contributed by atoms with van der Waals surface area (Å²) in [5.41, 5.74) is 0. The number of aliphatic hydroxyl groups is 1. The molecule has 1 fully saturated rings. The second kappa shape index (κ2) is 6.04. The Morgan fingerprint density at radius 1 is 1.74 bits per heavy atom. The van der Waals surface area contributed by atoms with Gasteiger partial charge in [-0.3, -0.25) is 0 Å². The lowest BCUT2D eigenvalue weighted by atomic mass is 10.2. The largest absolute Gasteiger partial charge is 0.465 e. The molecule has 1 aromatic heterocycles. The van der Waals surface area contributed by atoms with Crippen LogP contribution in [0.2, 0.25) is 5.15 Å². The van der Waals surface area contributed by atoms with Crippen molar-refractivity contribution in [1.29, 1.82) is 0 Å². The molecule has 6 nitrogen and oxygen atoms in total. The van der Waals surface area contributed by atoms with Crippen LogP contribution in [0.15, 0.2) is 0 Å². The van der Waals surface area contributed by atoms with E-state index in [-0.39, 0.29) is 23.9 Å². The first-order chi connectivity index (χ1) is 9.06. The van der Waals surface area contributed by atoms with Crippen molar-refractivity contribution >= 4 is 34.0 Å². The molecule has 2 atom stereocenters. The predicted octanol–water partition coefficient (Wildman–Crippen LogP) is 1.17. The number of thiazole rings is 1. The Morgan fingerprint density at radius 3 is 3.11 bits per heavy atom. The molecule has 0 saturated carbocycles. The Bertz CT molecular complexity index is 468. The molecule has 1 aliphatic rings. The molecular formula is C11H15ClN2O4S. The van der Waals surface area contributed by atoms with E-state index in [9.17, 15) is 4.79 Å². The lowest BCUT2D eigenvalue weighted by Crippen LogP contribution is -2.49. The molecule has 0 aliphatic carbocycles. The number of carbonyl (C=O) groups excluding carboxylic acids is 1. The Balaban J connectivity index is 2.23. The lowest BCUT2D eigenvalue weighted by molar-refractivity contribution is -0.0103. The normalized spacial score (nSPS) is 23.5. The molecular weight excluding hydrogens is 292 g/mol. The number of ether oxygens (including phenoxy) is 2. The Hall–Kier alpha value is -0.890. The fourth-order valence-corrected chi connectivity index (χ4v) is 3.14. The van der Waals surface area contributed by atoms with Crippen LogP contribution >= 0.6 is 22.9 Å². The maximum Gasteiger partial charge on any atom is 0.351 e. The van der Waals surface area contributed by atoms with E-state index in [1.54, 1.807) is 0 Å². The van der Waals surface area contributed by atoms with Gasteiger partial charge in [0, 0.05) is 6.54 Å². The van der Waals surface area contributed by atoms with Crippen LogP contribution in [-0.4, -0.2) is 55.1 Å². The van der Waals surface area contributed by atoms with Gasteiger partial charge >= 0.3 is 5.97 Å². The molecule has 1 aromatic rings. The van der Waals surface area contributed by atoms with Crippen LogP contribution in [0.5, 0.6) is 0 Å². The van der Waals surface area contributed by atoms with Gasteiger partial charge in [-0.25, -0.2) is 9.78 Å². The molecule has 1 N–H and O–H groups in total. The molecule has 0 spiro atoms. The highest BCUT2D eigenvalue weighted by Crippen LogP contribution is 2.32. The van der Waals surface area contributed by atoms with Crippen molar-refractivity contribution in [3.8, 4) is 0 Å². The zero-order valence-electron chi connectivity index (χ0n) is 10.6. The third kappa shape index (κ3) is 3.00. The van der Waals surface area contributed by atoms with E-state index in [0.717, 1.165) is 0 Å². The van der Waals surface area contributed by atoms with Crippen LogP contribution < -0.4 is 4.90 Å². The summed E-state index contributed by atoms with van der Waals surface area (Å²) in [5.74, 6) is -0.492. The van der Waals surface area contributed by atoms with Gasteiger partial charge in [0.25, 0.3) is 0 Å². The van der Waals surface area contributed by atoms with Crippen molar-refractivity contribution in [2.75, 3.05) is 31.8 Å². The van der Waals surface area contributed by atoms with Gasteiger partial charge in [-0.15, -0.1) is 0 Å². The average Bonchev–Trinajstić information content (AvgIpc) is 2.80. The second-order valence-corrected chi connectivity index (χ2v) is 5.58. The van der Waals surface area contributed by atoms with Crippen molar-refractivity contribution in [3.05, 3.63) is 10.0 Å². The highest BCUT2D eigenvalue weighted by atomic mass is 35.5. The van der Waals surface area contributed by atoms with Crippen LogP contribution in [0.3, 0.4) is 0 Å². The van der Waals surface area contributed by atoms with Crippen LogP contribution in [0.1, 0.15) is 16.6 Å². The molecule has 2 heterocycles. The third-order valence-electron chi connectivity index (χ3n) is 2.90. The van der Waals surface area contributed by atoms with E-state index in [1.807, 2.05) is 11.8 Å². The summed E-state index contributed by atoms with van der Waals surface area (Å²) in [6.07, 6.45) is -0.250. The number of methoxy groups -OCH3 is 1. The number of hydrogen-bond donors (Lipinski definition) is 1. The van der Waals surface area contributed by atoms with E-state index in [1.165, 1.54) is 18.4 Å². The number of nitrogens with zero attached hydrogens (tertiary/aromatic N) is 2. The minimum Gasteiger partial charge on any atom is -0.465 e. The first kappa shape index (κ1) is 14.5. The summed E-state index contributed by atoms with van der Waals surface area (Å²) in [4.78, 5) is 18.0. The molecule has 0 bridgehead atoms. The van der Waals surface area contributed by atoms with Crippen molar-refractivity contribution in [3.63, 3.8) is 0 Å². The number of anilines is 1. The number of morpholine rings is 1. The van der Waals surface area contributed by atoms with Gasteiger partial charge in [0.2, 0.25) is 0 Å². The van der Waals surface area contributed by atoms with Crippen molar-refractivity contribution in [2.24, 2.45) is 0 Å². The number of halogens is 1. The molecule has 2 unspecified atom stereocenters. The summed E-state index contributed by atoms with van der Waals surface area (Å²) in [6.45, 7) is 2.95. The van der Waals surface area contributed by atoms with Crippen molar-refractivity contribution in [1.82, 2.24) is 4.98 Å². The SMILES string of the molecule is COC(=O)c1sc(N2CC(CO)OCC2C)nc1Cl. The number of hydrogen-bond acceptors (Lipinski definition) is 7. The molecule has 1 aliphatic heterocycles. The number of carbonyl (C=O) groups is 1. The third-order valence-corrected chi connectivity index (χ3v) is 4.36. The van der Waals surface area contributed by atoms with Crippen LogP contribution in [0, 0.1) is 0 Å². The summed E-state index contributed by atoms with van der Waals surface area (Å²) >= 11 is 7.13. The fourth-order valence-electron chi connectivity index (χ4n) is 1.83. The summed E-state index contributed by atoms with van der Waals surface area (Å²) in [5, 5.41) is 9.94. The van der Waals surface area contributed by atoms with E-state index >= 15 is 0 Å². The molecule has 19 heavy (non-hydrogen) atoms. The van der Waals surface area contributed by atoms with E-state index in [4.69, 9.17) is 21.4 Å². The zero-order valence-corrected chi connectivity index (χ0v) is 12.2. The van der Waals surface area contributed by atoms with E-state index in [2.05, 4.69) is 9.72 Å². The topological polar surface area (TPSA) is 71.9 Å². The number of rotatable bonds is 3. The van der Waals surface area contributed by atoms with Gasteiger partial charge in [-0.2, -0.15) is 0 Å². The quantitative estimate of drug-likeness (QED) is 0.845. The van der Waals surface area contributed by atoms with Crippen LogP contribution in [0.4, 0.5) is 5.13 Å². The second-order valence-electron chi connectivity index (χ2n) is 4.25. The summed E-state index contributed by atoms with van der Waals surface area (Å²) in [6, 6.07) is 0.107.